The maximum Gasteiger partial charge on any atom is 0.265 e. The van der Waals surface area contributed by atoms with Gasteiger partial charge in [0.15, 0.2) is 0 Å². The third-order valence-corrected chi connectivity index (χ3v) is 4.32. The molecule has 0 spiro atoms. The largest absolute Gasteiger partial charge is 0.366 e. The van der Waals surface area contributed by atoms with E-state index >= 15 is 0 Å². The summed E-state index contributed by atoms with van der Waals surface area (Å²) in [5.74, 6) is -1.67. The molecule has 0 bridgehead atoms. The Morgan fingerprint density at radius 2 is 2.05 bits per heavy atom. The van der Waals surface area contributed by atoms with Crippen LogP contribution < -0.4 is 10.5 Å². The second-order valence-electron chi connectivity index (χ2n) is 3.96. The molecule has 1 aromatic heterocycles. The Kier molecular flexibility index (Phi) is 4.10. The van der Waals surface area contributed by atoms with E-state index in [9.17, 15) is 17.6 Å². The molecule has 0 saturated carbocycles. The number of nitrogens with zero attached hydrogens (tertiary/aromatic N) is 1. The summed E-state index contributed by atoms with van der Waals surface area (Å²) in [5, 5.41) is -0.253. The van der Waals surface area contributed by atoms with Gasteiger partial charge >= 0.3 is 0 Å². The maximum absolute atomic E-state index is 13.7. The molecule has 6 nitrogen and oxygen atoms in total. The number of nitrogens with one attached hydrogen (secondary N) is 1. The van der Waals surface area contributed by atoms with Gasteiger partial charge in [0, 0.05) is 11.8 Å². The van der Waals surface area contributed by atoms with Crippen molar-refractivity contribution in [3.8, 4) is 0 Å². The molecule has 0 unspecified atom stereocenters. The first kappa shape index (κ1) is 15.2. The summed E-state index contributed by atoms with van der Waals surface area (Å²) in [5.41, 5.74) is 4.62. The van der Waals surface area contributed by atoms with Crippen molar-refractivity contribution in [1.29, 1.82) is 0 Å². The summed E-state index contributed by atoms with van der Waals surface area (Å²) in [6.45, 7) is 0. The van der Waals surface area contributed by atoms with Crippen LogP contribution in [0.3, 0.4) is 0 Å². The number of primary amides is 1. The lowest BCUT2D eigenvalue weighted by atomic mass is 10.2. The van der Waals surface area contributed by atoms with Crippen molar-refractivity contribution in [1.82, 2.24) is 4.98 Å². The van der Waals surface area contributed by atoms with Crippen molar-refractivity contribution >= 4 is 33.2 Å². The van der Waals surface area contributed by atoms with Gasteiger partial charge < -0.3 is 5.73 Å². The first-order chi connectivity index (χ1) is 9.81. The van der Waals surface area contributed by atoms with Crippen molar-refractivity contribution < 1.29 is 17.6 Å². The zero-order valence-electron chi connectivity index (χ0n) is 10.4. The highest BCUT2D eigenvalue weighted by atomic mass is 35.5. The van der Waals surface area contributed by atoms with Crippen molar-refractivity contribution in [3.63, 3.8) is 0 Å². The van der Waals surface area contributed by atoms with Crippen LogP contribution in [-0.4, -0.2) is 19.3 Å². The zero-order chi connectivity index (χ0) is 15.6. The maximum atomic E-state index is 13.7. The number of amides is 1. The minimum absolute atomic E-state index is 0.0358. The third-order valence-electron chi connectivity index (χ3n) is 2.51. The molecule has 0 aliphatic heterocycles. The number of nitrogens with two attached hydrogens (primary N) is 1. The molecular weight excluding hydrogens is 321 g/mol. The van der Waals surface area contributed by atoms with Gasteiger partial charge in [-0.15, -0.1) is 0 Å². The van der Waals surface area contributed by atoms with Crippen LogP contribution in [0.4, 0.5) is 10.1 Å². The smallest absolute Gasteiger partial charge is 0.265 e. The van der Waals surface area contributed by atoms with Gasteiger partial charge in [0.25, 0.3) is 10.0 Å². The number of aromatic nitrogens is 1. The highest BCUT2D eigenvalue weighted by Gasteiger charge is 2.20. The fourth-order valence-electron chi connectivity index (χ4n) is 1.53. The Hall–Kier alpha value is -2.19. The van der Waals surface area contributed by atoms with Crippen LogP contribution in [0, 0.1) is 5.82 Å². The molecule has 0 atom stereocenters. The van der Waals surface area contributed by atoms with Gasteiger partial charge in [-0.1, -0.05) is 11.6 Å². The quantitative estimate of drug-likeness (QED) is 0.834. The van der Waals surface area contributed by atoms with Gasteiger partial charge in [0.05, 0.1) is 5.69 Å². The zero-order valence-corrected chi connectivity index (χ0v) is 12.0. The standard InChI is InChI=1S/C12H9ClFN3O3S/c13-11-10(2-1-5-16-11)21(19,20)17-9-6-7(12(15)18)3-4-8(9)14/h1-6,17H,(H2,15,18). The predicted octanol–water partition coefficient (Wildman–Crippen LogP) is 1.77. The van der Waals surface area contributed by atoms with Crippen LogP contribution in [0.5, 0.6) is 0 Å². The van der Waals surface area contributed by atoms with E-state index in [1.165, 1.54) is 18.3 Å². The summed E-state index contributed by atoms with van der Waals surface area (Å²) >= 11 is 5.70. The van der Waals surface area contributed by atoms with E-state index in [0.29, 0.717) is 0 Å². The van der Waals surface area contributed by atoms with Gasteiger partial charge in [-0.2, -0.15) is 0 Å². The molecule has 1 heterocycles. The molecule has 21 heavy (non-hydrogen) atoms. The van der Waals surface area contributed by atoms with Crippen molar-refractivity contribution in [2.45, 2.75) is 4.90 Å². The Morgan fingerprint density at radius 1 is 1.33 bits per heavy atom. The summed E-state index contributed by atoms with van der Waals surface area (Å²) in [4.78, 5) is 14.4. The second-order valence-corrected chi connectivity index (χ2v) is 5.97. The van der Waals surface area contributed by atoms with E-state index < -0.39 is 27.4 Å². The number of benzene rings is 1. The molecule has 110 valence electrons. The minimum Gasteiger partial charge on any atom is -0.366 e. The number of pyridine rings is 1. The molecule has 0 radical (unpaired) electrons. The summed E-state index contributed by atoms with van der Waals surface area (Å²) in [7, 11) is -4.15. The van der Waals surface area contributed by atoms with Crippen LogP contribution >= 0.6 is 11.6 Å². The number of hydrogen-bond donors (Lipinski definition) is 2. The molecule has 3 N–H and O–H groups in total. The number of carbonyl (C=O) groups is 1. The van der Waals surface area contributed by atoms with E-state index in [2.05, 4.69) is 4.98 Å². The molecule has 0 aliphatic carbocycles. The Bertz CT molecular complexity index is 811. The molecule has 0 saturated heterocycles. The van der Waals surface area contributed by atoms with Crippen molar-refractivity contribution in [2.75, 3.05) is 4.72 Å². The fraction of sp³-hybridized carbons (Fsp3) is 0. The lowest BCUT2D eigenvalue weighted by Gasteiger charge is -2.10. The average Bonchev–Trinajstić information content (AvgIpc) is 2.41. The Balaban J connectivity index is 2.44. The lowest BCUT2D eigenvalue weighted by Crippen LogP contribution is -2.16. The molecule has 0 fully saturated rings. The van der Waals surface area contributed by atoms with E-state index in [0.717, 1.165) is 18.2 Å². The minimum atomic E-state index is -4.15. The predicted molar refractivity (Wildman–Crippen MR) is 75.0 cm³/mol. The number of sulfonamides is 1. The van der Waals surface area contributed by atoms with Crippen LogP contribution in [0.1, 0.15) is 10.4 Å². The normalized spacial score (nSPS) is 11.1. The highest BCUT2D eigenvalue weighted by molar-refractivity contribution is 7.92. The van der Waals surface area contributed by atoms with Crippen LogP contribution in [0.25, 0.3) is 0 Å². The molecule has 0 aliphatic rings. The molecule has 2 aromatic rings. The number of halogens is 2. The summed E-state index contributed by atoms with van der Waals surface area (Å²) in [6, 6.07) is 5.67. The number of hydrogen-bond acceptors (Lipinski definition) is 4. The van der Waals surface area contributed by atoms with E-state index in [1.807, 2.05) is 4.72 Å². The monoisotopic (exact) mass is 329 g/mol. The van der Waals surface area contributed by atoms with Crippen LogP contribution in [0.2, 0.25) is 5.15 Å². The Morgan fingerprint density at radius 3 is 2.67 bits per heavy atom. The van der Waals surface area contributed by atoms with Gasteiger partial charge in [-0.25, -0.2) is 17.8 Å². The molecule has 9 heteroatoms. The number of anilines is 1. The van der Waals surface area contributed by atoms with E-state index in [4.69, 9.17) is 17.3 Å². The fourth-order valence-corrected chi connectivity index (χ4v) is 3.04. The van der Waals surface area contributed by atoms with E-state index in [1.54, 1.807) is 0 Å². The number of rotatable bonds is 4. The van der Waals surface area contributed by atoms with Gasteiger partial charge in [-0.3, -0.25) is 9.52 Å². The van der Waals surface area contributed by atoms with Gasteiger partial charge in [0.1, 0.15) is 15.9 Å². The lowest BCUT2D eigenvalue weighted by molar-refractivity contribution is 0.100. The highest BCUT2D eigenvalue weighted by Crippen LogP contribution is 2.23. The van der Waals surface area contributed by atoms with Gasteiger partial charge in [0.2, 0.25) is 5.91 Å². The molecule has 1 aromatic carbocycles. The molecule has 2 rings (SSSR count). The van der Waals surface area contributed by atoms with Crippen molar-refractivity contribution in [2.24, 2.45) is 5.73 Å². The summed E-state index contributed by atoms with van der Waals surface area (Å²) in [6.07, 6.45) is 1.32. The van der Waals surface area contributed by atoms with Gasteiger partial charge in [-0.05, 0) is 30.3 Å². The second kappa shape index (κ2) is 5.66. The van der Waals surface area contributed by atoms with Crippen LogP contribution in [0.15, 0.2) is 41.4 Å². The molecule has 1 amide bonds. The first-order valence-electron chi connectivity index (χ1n) is 5.54. The average molecular weight is 330 g/mol. The van der Waals surface area contributed by atoms with E-state index in [-0.39, 0.29) is 15.6 Å². The topological polar surface area (TPSA) is 102 Å². The third kappa shape index (κ3) is 3.29. The number of carbonyl (C=O) groups excluding carboxylic acids is 1. The SMILES string of the molecule is NC(=O)c1ccc(F)c(NS(=O)(=O)c2cccnc2Cl)c1. The first-order valence-corrected chi connectivity index (χ1v) is 7.40. The Labute approximate surface area is 124 Å². The van der Waals surface area contributed by atoms with Crippen molar-refractivity contribution in [3.05, 3.63) is 53.1 Å². The van der Waals surface area contributed by atoms with Crippen LogP contribution in [-0.2, 0) is 10.0 Å². The summed E-state index contributed by atoms with van der Waals surface area (Å²) < 4.78 is 39.9. The molecular formula is C12H9ClFN3O3S.